The number of aliphatic carboxylic acids is 1. The van der Waals surface area contributed by atoms with Crippen molar-refractivity contribution in [2.24, 2.45) is 29.6 Å². The number of carboxylic acid groups (broad SMARTS) is 1. The predicted molar refractivity (Wildman–Crippen MR) is 140 cm³/mol. The zero-order valence-electron chi connectivity index (χ0n) is 22.5. The first-order chi connectivity index (χ1) is 17.4. The average Bonchev–Trinajstić information content (AvgIpc) is 3.15. The number of thioether (sulfide) groups is 1. The van der Waals surface area contributed by atoms with Gasteiger partial charge in [0, 0.05) is 24.1 Å². The van der Waals surface area contributed by atoms with Crippen LogP contribution >= 0.6 is 11.8 Å². The molecule has 3 N–H and O–H groups in total. The summed E-state index contributed by atoms with van der Waals surface area (Å²) < 4.78 is 11.5. The molecule has 4 fully saturated rings. The zero-order chi connectivity index (χ0) is 26.9. The quantitative estimate of drug-likeness (QED) is 0.333. The van der Waals surface area contributed by atoms with E-state index in [0.717, 1.165) is 11.8 Å². The van der Waals surface area contributed by atoms with E-state index in [1.807, 2.05) is 27.7 Å². The predicted octanol–water partition coefficient (Wildman–Crippen LogP) is 4.50. The fourth-order valence-corrected chi connectivity index (χ4v) is 7.53. The molecule has 0 aliphatic heterocycles. The smallest absolute Gasteiger partial charge is 0.303 e. The highest BCUT2D eigenvalue weighted by molar-refractivity contribution is 8.00. The van der Waals surface area contributed by atoms with E-state index in [1.165, 1.54) is 43.9 Å². The lowest BCUT2D eigenvalue weighted by Gasteiger charge is -2.54. The van der Waals surface area contributed by atoms with Gasteiger partial charge in [0.2, 0.25) is 11.7 Å². The fourth-order valence-electron chi connectivity index (χ4n) is 6.62. The highest BCUT2D eigenvalue weighted by atomic mass is 32.2. The Morgan fingerprint density at radius 2 is 1.70 bits per heavy atom. The number of carboxylic acids is 1. The lowest BCUT2D eigenvalue weighted by molar-refractivity contribution is -0.138. The Balaban J connectivity index is 1.38. The molecule has 0 radical (unpaired) electrons. The van der Waals surface area contributed by atoms with Gasteiger partial charge < -0.3 is 25.0 Å². The lowest BCUT2D eigenvalue weighted by Crippen LogP contribution is -2.55. The van der Waals surface area contributed by atoms with Crippen LogP contribution in [-0.4, -0.2) is 51.5 Å². The van der Waals surface area contributed by atoms with Crippen LogP contribution in [0.5, 0.6) is 5.88 Å². The van der Waals surface area contributed by atoms with Gasteiger partial charge in [0.05, 0.1) is 5.54 Å². The van der Waals surface area contributed by atoms with Gasteiger partial charge in [0.15, 0.2) is 0 Å². The van der Waals surface area contributed by atoms with Crippen LogP contribution in [0.1, 0.15) is 90.1 Å². The molecular weight excluding hydrogens is 494 g/mol. The van der Waals surface area contributed by atoms with Gasteiger partial charge in [-0.15, -0.1) is 11.8 Å². The average molecular weight is 536 g/mol. The molecule has 1 heterocycles. The maximum Gasteiger partial charge on any atom is 0.303 e. The SMILES string of the molecule is CC(C)Sc1c(OCC(C)(C)NC(=O)C[C@@H](C)CC(=O)O)noc1C(=O)NC1C2CC3CC(C2)CC1C3. The Morgan fingerprint density at radius 3 is 2.27 bits per heavy atom. The number of ether oxygens (including phenoxy) is 1. The van der Waals surface area contributed by atoms with Crippen molar-refractivity contribution in [1.82, 2.24) is 15.8 Å². The Kier molecular flexibility index (Phi) is 8.45. The molecule has 4 aliphatic rings. The van der Waals surface area contributed by atoms with Crippen molar-refractivity contribution >= 4 is 29.5 Å². The number of amides is 2. The molecule has 4 aliphatic carbocycles. The number of aromatic nitrogens is 1. The number of nitrogens with zero attached hydrogens (tertiary/aromatic N) is 1. The van der Waals surface area contributed by atoms with E-state index in [1.54, 1.807) is 6.92 Å². The molecule has 0 spiro atoms. The third kappa shape index (κ3) is 7.00. The standard InChI is InChI=1S/C27H41N3O6S/c1-14(2)37-24-23(25(34)28-22-18-9-16-8-17(11-18)12-19(22)10-16)36-30-26(24)35-13-27(4,5)29-20(31)6-15(3)7-21(32)33/h14-19,22H,6-13H2,1-5H3,(H,28,34)(H,29,31)(H,32,33)/t15-,16?,17?,18?,19?,22?/m1/s1. The van der Waals surface area contributed by atoms with Crippen LogP contribution in [0.2, 0.25) is 0 Å². The number of hydrogen-bond acceptors (Lipinski definition) is 7. The summed E-state index contributed by atoms with van der Waals surface area (Å²) in [5.74, 6) is 1.54. The summed E-state index contributed by atoms with van der Waals surface area (Å²) in [6.45, 7) is 9.55. The molecule has 1 aromatic heterocycles. The van der Waals surface area contributed by atoms with Gasteiger partial charge in [-0.2, -0.15) is 0 Å². The van der Waals surface area contributed by atoms with Crippen LogP contribution in [0.3, 0.4) is 0 Å². The van der Waals surface area contributed by atoms with E-state index in [0.29, 0.717) is 16.7 Å². The van der Waals surface area contributed by atoms with Crippen LogP contribution in [0.15, 0.2) is 9.42 Å². The number of nitrogens with one attached hydrogen (secondary N) is 2. The van der Waals surface area contributed by atoms with Crippen molar-refractivity contribution in [3.63, 3.8) is 0 Å². The summed E-state index contributed by atoms with van der Waals surface area (Å²) in [4.78, 5) is 37.2. The Hall–Kier alpha value is -2.23. The highest BCUT2D eigenvalue weighted by Gasteiger charge is 2.49. The van der Waals surface area contributed by atoms with Crippen molar-refractivity contribution < 1.29 is 28.8 Å². The fraction of sp³-hybridized carbons (Fsp3) is 0.778. The minimum Gasteiger partial charge on any atom is -0.481 e. The molecule has 37 heavy (non-hydrogen) atoms. The van der Waals surface area contributed by atoms with Crippen LogP contribution < -0.4 is 15.4 Å². The third-order valence-corrected chi connectivity index (χ3v) is 8.88. The molecule has 1 atom stereocenters. The maximum absolute atomic E-state index is 13.4. The maximum atomic E-state index is 13.4. The van der Waals surface area contributed by atoms with Gasteiger partial charge >= 0.3 is 5.97 Å². The minimum absolute atomic E-state index is 0.0621. The second-order valence-electron chi connectivity index (χ2n) is 12.4. The third-order valence-electron chi connectivity index (χ3n) is 7.81. The molecule has 9 nitrogen and oxygen atoms in total. The van der Waals surface area contributed by atoms with E-state index in [2.05, 4.69) is 15.8 Å². The second kappa shape index (κ2) is 11.3. The molecule has 4 bridgehead atoms. The van der Waals surface area contributed by atoms with Crippen molar-refractivity contribution in [2.75, 3.05) is 6.61 Å². The van der Waals surface area contributed by atoms with Crippen LogP contribution in [0.4, 0.5) is 0 Å². The van der Waals surface area contributed by atoms with Crippen LogP contribution in [0, 0.1) is 29.6 Å². The summed E-state index contributed by atoms with van der Waals surface area (Å²) in [7, 11) is 0. The molecule has 0 unspecified atom stereocenters. The summed E-state index contributed by atoms with van der Waals surface area (Å²) in [6, 6.07) is 0.198. The van der Waals surface area contributed by atoms with E-state index < -0.39 is 11.5 Å². The molecule has 0 aromatic carbocycles. The van der Waals surface area contributed by atoms with Crippen LogP contribution in [-0.2, 0) is 9.59 Å². The van der Waals surface area contributed by atoms with Gasteiger partial charge in [-0.25, -0.2) is 0 Å². The lowest BCUT2D eigenvalue weighted by atomic mass is 9.54. The Morgan fingerprint density at radius 1 is 1.08 bits per heavy atom. The largest absolute Gasteiger partial charge is 0.481 e. The normalized spacial score (nSPS) is 27.2. The van der Waals surface area contributed by atoms with Gasteiger partial charge in [-0.05, 0) is 80.7 Å². The first-order valence-corrected chi connectivity index (χ1v) is 14.4. The molecule has 1 aromatic rings. The minimum atomic E-state index is -0.924. The molecule has 2 amide bonds. The topological polar surface area (TPSA) is 131 Å². The van der Waals surface area contributed by atoms with Gasteiger partial charge in [-0.1, -0.05) is 20.8 Å². The summed E-state index contributed by atoms with van der Waals surface area (Å²) in [5.41, 5.74) is -0.735. The van der Waals surface area contributed by atoms with Crippen molar-refractivity contribution in [1.29, 1.82) is 0 Å². The molecule has 0 saturated heterocycles. The van der Waals surface area contributed by atoms with E-state index in [9.17, 15) is 14.4 Å². The van der Waals surface area contributed by atoms with Crippen molar-refractivity contribution in [2.45, 2.75) is 101 Å². The number of carbonyl (C=O) groups excluding carboxylic acids is 2. The molecular formula is C27H41N3O6S. The van der Waals surface area contributed by atoms with E-state index >= 15 is 0 Å². The van der Waals surface area contributed by atoms with E-state index in [-0.39, 0.29) is 60.1 Å². The highest BCUT2D eigenvalue weighted by Crippen LogP contribution is 2.53. The Labute approximate surface area is 223 Å². The zero-order valence-corrected chi connectivity index (χ0v) is 23.4. The first kappa shape index (κ1) is 27.8. The van der Waals surface area contributed by atoms with Gasteiger partial charge in [0.1, 0.15) is 11.5 Å². The first-order valence-electron chi connectivity index (χ1n) is 13.5. The van der Waals surface area contributed by atoms with Crippen molar-refractivity contribution in [3.05, 3.63) is 5.76 Å². The molecule has 4 saturated carbocycles. The molecule has 206 valence electrons. The van der Waals surface area contributed by atoms with Crippen LogP contribution in [0.25, 0.3) is 0 Å². The monoisotopic (exact) mass is 535 g/mol. The summed E-state index contributed by atoms with van der Waals surface area (Å²) >= 11 is 1.47. The van der Waals surface area contributed by atoms with Crippen molar-refractivity contribution in [3.8, 4) is 5.88 Å². The summed E-state index contributed by atoms with van der Waals surface area (Å²) in [5, 5.41) is 19.4. The number of rotatable bonds is 12. The Bertz CT molecular complexity index is 978. The van der Waals surface area contributed by atoms with Gasteiger partial charge in [-0.3, -0.25) is 14.4 Å². The van der Waals surface area contributed by atoms with Gasteiger partial charge in [0.25, 0.3) is 11.8 Å². The molecule has 5 rings (SSSR count). The number of hydrogen-bond donors (Lipinski definition) is 3. The molecule has 10 heteroatoms. The number of carbonyl (C=O) groups is 3. The summed E-state index contributed by atoms with van der Waals surface area (Å²) in [6.07, 6.45) is 6.27. The van der Waals surface area contributed by atoms with E-state index in [4.69, 9.17) is 14.4 Å². The second-order valence-corrected chi connectivity index (χ2v) is 14.0.